The van der Waals surface area contributed by atoms with Gasteiger partial charge in [-0.25, -0.2) is 4.98 Å². The van der Waals surface area contributed by atoms with Crippen LogP contribution in [0.4, 0.5) is 5.69 Å². The molecule has 0 spiro atoms. The molecule has 0 saturated heterocycles. The third kappa shape index (κ3) is 0.500. The minimum absolute atomic E-state index is 0.720. The Morgan fingerprint density at radius 1 is 1.70 bits per heavy atom. The van der Waals surface area contributed by atoms with Gasteiger partial charge in [0.25, 0.3) is 0 Å². The van der Waals surface area contributed by atoms with Gasteiger partial charge in [0.15, 0.2) is 0 Å². The zero-order chi connectivity index (χ0) is 6.97. The lowest BCUT2D eigenvalue weighted by Crippen LogP contribution is -1.67. The molecule has 50 valence electrons. The van der Waals surface area contributed by atoms with Crippen LogP contribution in [0.25, 0.3) is 5.52 Å². The monoisotopic (exact) mass is 135 g/mol. The molecule has 4 heteroatoms. The van der Waals surface area contributed by atoms with Crippen molar-refractivity contribution in [1.82, 2.24) is 9.56 Å². The van der Waals surface area contributed by atoms with Crippen molar-refractivity contribution in [2.45, 2.75) is 0 Å². The average Bonchev–Trinajstić information content (AvgIpc) is 2.44. The first-order valence-electron chi connectivity index (χ1n) is 2.78. The van der Waals surface area contributed by atoms with Gasteiger partial charge < -0.3 is 4.52 Å². The number of imidazole rings is 1. The molecule has 0 aliphatic heterocycles. The Hall–Kier alpha value is -1.58. The molecule has 2 rings (SSSR count). The van der Waals surface area contributed by atoms with E-state index in [1.54, 1.807) is 12.5 Å². The molecular weight excluding hydrogens is 130 g/mol. The van der Waals surface area contributed by atoms with E-state index in [0.29, 0.717) is 0 Å². The van der Waals surface area contributed by atoms with E-state index < -0.39 is 0 Å². The lowest BCUT2D eigenvalue weighted by molar-refractivity contribution is 0.376. The summed E-state index contributed by atoms with van der Waals surface area (Å²) in [7, 11) is 0. The number of rotatable bonds is 1. The summed E-state index contributed by atoms with van der Waals surface area (Å²) in [6, 6.07) is 0. The Morgan fingerprint density at radius 2 is 2.60 bits per heavy atom. The summed E-state index contributed by atoms with van der Waals surface area (Å²) >= 11 is 0. The van der Waals surface area contributed by atoms with Gasteiger partial charge in [-0.3, -0.25) is 4.99 Å². The third-order valence-corrected chi connectivity index (χ3v) is 1.32. The minimum atomic E-state index is 0.720. The van der Waals surface area contributed by atoms with E-state index in [9.17, 15) is 0 Å². The molecule has 0 fully saturated rings. The van der Waals surface area contributed by atoms with Crippen molar-refractivity contribution in [3.8, 4) is 0 Å². The normalized spacial score (nSPS) is 10.4. The van der Waals surface area contributed by atoms with Crippen molar-refractivity contribution in [1.29, 1.82) is 0 Å². The molecule has 0 bridgehead atoms. The Labute approximate surface area is 56.8 Å². The Balaban J connectivity index is 2.88. The molecule has 2 aromatic rings. The van der Waals surface area contributed by atoms with E-state index in [2.05, 4.69) is 16.7 Å². The Bertz CT molecular complexity index is 360. The van der Waals surface area contributed by atoms with Gasteiger partial charge in [-0.05, 0) is 6.72 Å². The summed E-state index contributed by atoms with van der Waals surface area (Å²) in [5, 5.41) is 0. The molecule has 0 aromatic carbocycles. The van der Waals surface area contributed by atoms with Gasteiger partial charge in [0.2, 0.25) is 0 Å². The van der Waals surface area contributed by atoms with Gasteiger partial charge in [0.05, 0.1) is 6.20 Å². The van der Waals surface area contributed by atoms with E-state index in [-0.39, 0.29) is 0 Å². The summed E-state index contributed by atoms with van der Waals surface area (Å²) in [5.74, 6) is 0. The minimum Gasteiger partial charge on any atom is -0.379 e. The molecule has 0 atom stereocenters. The van der Waals surface area contributed by atoms with Crippen LogP contribution >= 0.6 is 0 Å². The van der Waals surface area contributed by atoms with Gasteiger partial charge in [-0.1, -0.05) is 0 Å². The summed E-state index contributed by atoms with van der Waals surface area (Å²) in [5.41, 5.74) is 1.56. The van der Waals surface area contributed by atoms with Crippen LogP contribution in [0.5, 0.6) is 0 Å². The first-order valence-corrected chi connectivity index (χ1v) is 2.78. The second kappa shape index (κ2) is 1.70. The van der Waals surface area contributed by atoms with Gasteiger partial charge >= 0.3 is 0 Å². The largest absolute Gasteiger partial charge is 0.379 e. The van der Waals surface area contributed by atoms with E-state index in [1.165, 1.54) is 10.8 Å². The molecule has 10 heavy (non-hydrogen) atoms. The Morgan fingerprint density at radius 3 is 3.40 bits per heavy atom. The highest BCUT2D eigenvalue weighted by Gasteiger charge is 2.01. The van der Waals surface area contributed by atoms with Crippen LogP contribution in [0, 0.1) is 0 Å². The predicted molar refractivity (Wildman–Crippen MR) is 36.7 cm³/mol. The first-order chi connectivity index (χ1) is 4.92. The highest BCUT2D eigenvalue weighted by molar-refractivity contribution is 5.68. The van der Waals surface area contributed by atoms with Crippen molar-refractivity contribution in [3.05, 3.63) is 18.8 Å². The number of hydrogen-bond acceptors (Lipinski definition) is 3. The van der Waals surface area contributed by atoms with Crippen LogP contribution < -0.4 is 0 Å². The smallest absolute Gasteiger partial charge is 0.148 e. The van der Waals surface area contributed by atoms with Crippen molar-refractivity contribution < 1.29 is 4.52 Å². The van der Waals surface area contributed by atoms with E-state index in [1.807, 2.05) is 0 Å². The molecular formula is C6H5N3O. The van der Waals surface area contributed by atoms with Crippen molar-refractivity contribution in [2.24, 2.45) is 4.99 Å². The van der Waals surface area contributed by atoms with Gasteiger partial charge in [-0.2, -0.15) is 4.57 Å². The quantitative estimate of drug-likeness (QED) is 0.552. The lowest BCUT2D eigenvalue weighted by Gasteiger charge is -1.76. The van der Waals surface area contributed by atoms with Crippen molar-refractivity contribution >= 4 is 17.9 Å². The fourth-order valence-electron chi connectivity index (χ4n) is 0.832. The summed E-state index contributed by atoms with van der Waals surface area (Å²) in [4.78, 5) is 7.58. The van der Waals surface area contributed by atoms with Crippen LogP contribution in [-0.2, 0) is 0 Å². The van der Waals surface area contributed by atoms with E-state index >= 15 is 0 Å². The molecule has 0 aliphatic carbocycles. The third-order valence-electron chi connectivity index (χ3n) is 1.32. The molecule has 0 aliphatic rings. The number of hydrogen-bond donors (Lipinski definition) is 0. The maximum atomic E-state index is 5.00. The van der Waals surface area contributed by atoms with Crippen LogP contribution in [0.1, 0.15) is 0 Å². The number of fused-ring (bicyclic) bond motifs is 1. The fourth-order valence-corrected chi connectivity index (χ4v) is 0.832. The molecule has 0 saturated carbocycles. The Kier molecular flexibility index (Phi) is 0.887. The van der Waals surface area contributed by atoms with E-state index in [4.69, 9.17) is 4.52 Å². The summed E-state index contributed by atoms with van der Waals surface area (Å²) < 4.78 is 6.53. The summed E-state index contributed by atoms with van der Waals surface area (Å²) in [6.07, 6.45) is 4.78. The van der Waals surface area contributed by atoms with Crippen LogP contribution in [0.15, 0.2) is 28.3 Å². The van der Waals surface area contributed by atoms with Crippen LogP contribution in [0.3, 0.4) is 0 Å². The molecule has 2 aromatic heterocycles. The highest BCUT2D eigenvalue weighted by Crippen LogP contribution is 2.19. The average molecular weight is 135 g/mol. The predicted octanol–water partition coefficient (Wildman–Crippen LogP) is 1.26. The van der Waals surface area contributed by atoms with Gasteiger partial charge in [-0.15, -0.1) is 0 Å². The molecule has 2 heterocycles. The van der Waals surface area contributed by atoms with Crippen LogP contribution in [-0.4, -0.2) is 16.3 Å². The van der Waals surface area contributed by atoms with Crippen LogP contribution in [0.2, 0.25) is 0 Å². The zero-order valence-corrected chi connectivity index (χ0v) is 5.19. The fraction of sp³-hybridized carbons (Fsp3) is 0. The SMILES string of the molecule is C=Nc1con2cncc12. The lowest BCUT2D eigenvalue weighted by atomic mass is 10.5. The molecule has 0 unspecified atom stereocenters. The standard InChI is InChI=1S/C6H5N3O/c1-7-5-3-10-9-4-8-2-6(5)9/h2-4H,1H2. The highest BCUT2D eigenvalue weighted by atomic mass is 16.5. The number of nitrogens with zero attached hydrogens (tertiary/aromatic N) is 3. The maximum absolute atomic E-state index is 5.00. The number of aromatic nitrogens is 2. The second-order valence-corrected chi connectivity index (χ2v) is 1.87. The van der Waals surface area contributed by atoms with Crippen molar-refractivity contribution in [2.75, 3.05) is 0 Å². The second-order valence-electron chi connectivity index (χ2n) is 1.87. The maximum Gasteiger partial charge on any atom is 0.148 e. The molecule has 0 radical (unpaired) electrons. The topological polar surface area (TPSA) is 42.8 Å². The molecule has 0 N–H and O–H groups in total. The molecule has 0 amide bonds. The summed E-state index contributed by atoms with van der Waals surface area (Å²) in [6.45, 7) is 3.38. The first kappa shape index (κ1) is 5.22. The zero-order valence-electron chi connectivity index (χ0n) is 5.19. The van der Waals surface area contributed by atoms with E-state index in [0.717, 1.165) is 11.2 Å². The van der Waals surface area contributed by atoms with Gasteiger partial charge in [0.1, 0.15) is 23.8 Å². The van der Waals surface area contributed by atoms with Crippen molar-refractivity contribution in [3.63, 3.8) is 0 Å². The number of aliphatic imine (C=N–C) groups is 1. The molecule has 4 nitrogen and oxygen atoms in total. The van der Waals surface area contributed by atoms with Gasteiger partial charge in [0, 0.05) is 0 Å².